The van der Waals surface area contributed by atoms with Crippen molar-refractivity contribution in [2.24, 2.45) is 10.9 Å². The Kier molecular flexibility index (Phi) is 13.3. The number of hydrogen-bond acceptors (Lipinski definition) is 11. The van der Waals surface area contributed by atoms with Crippen molar-refractivity contribution < 1.29 is 43.5 Å². The maximum Gasteiger partial charge on any atom is 0.254 e. The van der Waals surface area contributed by atoms with E-state index in [0.717, 1.165) is 60.3 Å². The second kappa shape index (κ2) is 17.3. The zero-order valence-electron chi connectivity index (χ0n) is 30.4. The van der Waals surface area contributed by atoms with Gasteiger partial charge >= 0.3 is 0 Å². The van der Waals surface area contributed by atoms with Crippen LogP contribution in [0.15, 0.2) is 53.5 Å². The van der Waals surface area contributed by atoms with E-state index in [4.69, 9.17) is 9.84 Å². The summed E-state index contributed by atoms with van der Waals surface area (Å²) in [6, 6.07) is 14.8. The molecule has 6 atom stereocenters. The molecule has 286 valence electrons. The van der Waals surface area contributed by atoms with E-state index in [9.17, 15) is 33.6 Å². The average Bonchev–Trinajstić information content (AvgIpc) is 4.08. The van der Waals surface area contributed by atoms with Crippen molar-refractivity contribution in [3.8, 4) is 5.75 Å². The van der Waals surface area contributed by atoms with Crippen molar-refractivity contribution in [3.63, 3.8) is 0 Å². The van der Waals surface area contributed by atoms with Crippen molar-refractivity contribution >= 4 is 27.5 Å². The summed E-state index contributed by atoms with van der Waals surface area (Å²) in [5.74, 6) is -0.0485. The molecule has 52 heavy (non-hydrogen) atoms. The van der Waals surface area contributed by atoms with E-state index in [1.54, 1.807) is 0 Å². The number of sulfone groups is 1. The topological polar surface area (TPSA) is 189 Å². The first kappa shape index (κ1) is 40.0. The summed E-state index contributed by atoms with van der Waals surface area (Å²) in [7, 11) is -3.45. The zero-order chi connectivity index (χ0) is 37.6. The van der Waals surface area contributed by atoms with Crippen LogP contribution in [0.1, 0.15) is 73.6 Å². The number of benzene rings is 2. The number of ether oxygens (including phenoxy) is 1. The van der Waals surface area contributed by atoms with Crippen LogP contribution in [0.4, 0.5) is 0 Å². The monoisotopic (exact) mass is 741 g/mol. The number of rotatable bonds is 20. The van der Waals surface area contributed by atoms with Crippen molar-refractivity contribution in [1.82, 2.24) is 10.2 Å². The normalized spacial score (nSPS) is 21.1. The number of aryl methyl sites for hydroxylation is 1. The smallest absolute Gasteiger partial charge is 0.254 e. The van der Waals surface area contributed by atoms with E-state index in [1.165, 1.54) is 16.7 Å². The lowest BCUT2D eigenvalue weighted by molar-refractivity contribution is -0.158. The molecule has 0 radical (unpaired) electrons. The van der Waals surface area contributed by atoms with Gasteiger partial charge in [-0.3, -0.25) is 9.79 Å². The quantitative estimate of drug-likeness (QED) is 0.117. The van der Waals surface area contributed by atoms with E-state index in [-0.39, 0.29) is 36.2 Å². The van der Waals surface area contributed by atoms with Gasteiger partial charge in [0.2, 0.25) is 0 Å². The Labute approximate surface area is 307 Å². The molecule has 12 nitrogen and oxygen atoms in total. The number of aliphatic hydroxyl groups is 5. The van der Waals surface area contributed by atoms with Crippen LogP contribution in [0, 0.1) is 12.8 Å². The third-order valence-corrected chi connectivity index (χ3v) is 11.6. The summed E-state index contributed by atoms with van der Waals surface area (Å²) in [6.45, 7) is 4.63. The molecule has 2 aromatic rings. The Morgan fingerprint density at radius 3 is 2.48 bits per heavy atom. The Bertz CT molecular complexity index is 1710. The van der Waals surface area contributed by atoms with Crippen molar-refractivity contribution in [2.75, 3.05) is 38.2 Å². The third-order valence-electron chi connectivity index (χ3n) is 10.7. The number of aliphatic imine (C=N–C) groups is 1. The van der Waals surface area contributed by atoms with Gasteiger partial charge in [-0.1, -0.05) is 43.3 Å². The summed E-state index contributed by atoms with van der Waals surface area (Å²) in [5, 5.41) is 53.4. The van der Waals surface area contributed by atoms with Gasteiger partial charge in [0.05, 0.1) is 18.5 Å². The summed E-state index contributed by atoms with van der Waals surface area (Å²) >= 11 is 0. The van der Waals surface area contributed by atoms with Crippen molar-refractivity contribution in [2.45, 2.75) is 101 Å². The van der Waals surface area contributed by atoms with E-state index >= 15 is 0 Å². The molecule has 2 fully saturated rings. The summed E-state index contributed by atoms with van der Waals surface area (Å²) in [6.07, 6.45) is 2.94. The lowest BCUT2D eigenvalue weighted by Crippen LogP contribution is -2.53. The molecule has 6 N–H and O–H groups in total. The molecule has 2 saturated carbocycles. The van der Waals surface area contributed by atoms with E-state index in [0.29, 0.717) is 25.5 Å². The number of amides is 1. The van der Waals surface area contributed by atoms with Crippen LogP contribution in [0.3, 0.4) is 0 Å². The predicted octanol–water partition coefficient (Wildman–Crippen LogP) is 2.14. The van der Waals surface area contributed by atoms with Gasteiger partial charge in [-0.2, -0.15) is 0 Å². The number of aliphatic hydroxyl groups excluding tert-OH is 5. The molecule has 0 saturated heterocycles. The molecular formula is C39H55N3O9S. The molecular weight excluding hydrogens is 687 g/mol. The number of allylic oxidation sites excluding steroid dienone is 1. The number of nitrogens with zero attached hydrogens (tertiary/aromatic N) is 2. The SMILES string of the molecule is Cc1ccc(C(C)CCCN(CCS(C)(=O)=O)C(=O)[C@@H](O)[C@@H](O)[C@H](O)[C@@H](O)CO)cc1CNC1(C2CN=CC=C2c2ccccc2OC2CC2)CC1. The number of para-hydroxylation sites is 1. The van der Waals surface area contributed by atoms with E-state index in [1.807, 2.05) is 12.3 Å². The van der Waals surface area contributed by atoms with Gasteiger partial charge in [-0.25, -0.2) is 8.42 Å². The number of dihydropyridines is 1. The Morgan fingerprint density at radius 2 is 1.81 bits per heavy atom. The van der Waals surface area contributed by atoms with Crippen LogP contribution >= 0.6 is 0 Å². The highest BCUT2D eigenvalue weighted by molar-refractivity contribution is 7.90. The fraction of sp³-hybridized carbons (Fsp3) is 0.590. The van der Waals surface area contributed by atoms with Crippen LogP contribution in [0.2, 0.25) is 0 Å². The molecule has 2 aliphatic carbocycles. The summed E-state index contributed by atoms with van der Waals surface area (Å²) < 4.78 is 30.1. The lowest BCUT2D eigenvalue weighted by atomic mass is 9.82. The average molecular weight is 742 g/mol. The van der Waals surface area contributed by atoms with Gasteiger partial charge < -0.3 is 40.5 Å². The van der Waals surface area contributed by atoms with E-state index in [2.05, 4.69) is 66.6 Å². The number of nitrogens with one attached hydrogen (secondary N) is 1. The summed E-state index contributed by atoms with van der Waals surface area (Å²) in [4.78, 5) is 19.0. The molecule has 5 rings (SSSR count). The highest BCUT2D eigenvalue weighted by Crippen LogP contribution is 2.50. The van der Waals surface area contributed by atoms with Crippen molar-refractivity contribution in [3.05, 3.63) is 70.8 Å². The molecule has 0 spiro atoms. The molecule has 3 aliphatic rings. The zero-order valence-corrected chi connectivity index (χ0v) is 31.2. The van der Waals surface area contributed by atoms with Crippen LogP contribution in [-0.2, 0) is 21.2 Å². The predicted molar refractivity (Wildman–Crippen MR) is 200 cm³/mol. The summed E-state index contributed by atoms with van der Waals surface area (Å²) in [5.41, 5.74) is 5.86. The highest BCUT2D eigenvalue weighted by atomic mass is 32.2. The number of carbonyl (C=O) groups is 1. The Balaban J connectivity index is 1.21. The van der Waals surface area contributed by atoms with Crippen molar-refractivity contribution in [1.29, 1.82) is 0 Å². The largest absolute Gasteiger partial charge is 0.490 e. The second-order valence-corrected chi connectivity index (χ2v) is 17.1. The second-order valence-electron chi connectivity index (χ2n) is 14.9. The minimum absolute atomic E-state index is 0.0588. The molecule has 0 aromatic heterocycles. The minimum atomic E-state index is -3.45. The molecule has 0 bridgehead atoms. The fourth-order valence-electron chi connectivity index (χ4n) is 6.90. The Morgan fingerprint density at radius 1 is 1.08 bits per heavy atom. The van der Waals surface area contributed by atoms with Crippen LogP contribution < -0.4 is 10.1 Å². The maximum absolute atomic E-state index is 13.1. The third kappa shape index (κ3) is 10.3. The van der Waals surface area contributed by atoms with Crippen LogP contribution in [0.25, 0.3) is 5.57 Å². The first-order chi connectivity index (χ1) is 24.7. The molecule has 13 heteroatoms. The first-order valence-corrected chi connectivity index (χ1v) is 20.4. The molecule has 1 aliphatic heterocycles. The van der Waals surface area contributed by atoms with E-state index < -0.39 is 46.8 Å². The highest BCUT2D eigenvalue weighted by Gasteiger charge is 2.51. The lowest BCUT2D eigenvalue weighted by Gasteiger charge is -2.32. The molecule has 1 amide bonds. The van der Waals surface area contributed by atoms with Gasteiger partial charge in [-0.15, -0.1) is 0 Å². The molecule has 1 heterocycles. The van der Waals surface area contributed by atoms with Crippen LogP contribution in [-0.4, -0.2) is 125 Å². The van der Waals surface area contributed by atoms with Gasteiger partial charge in [0.25, 0.3) is 5.91 Å². The van der Waals surface area contributed by atoms with Gasteiger partial charge in [0.15, 0.2) is 6.10 Å². The standard InChI is InChI=1S/C39H55N3O9S/c1-25(7-6-18-42(19-20-52(3,49)50)38(48)37(47)36(46)35(45)33(44)24-43)27-11-10-26(2)28(21-27)22-41-39(15-16-39)32-23-40-17-14-30(32)31-8-4-5-9-34(31)51-29-12-13-29/h4-5,8-11,14,17,21,25,29,32-33,35-37,41,43-47H,6-7,12-13,15-16,18-20,22-24H2,1-3H3/t25?,32?,33-,35+,36-,37-/m0/s1. The van der Waals surface area contributed by atoms with Gasteiger partial charge in [0.1, 0.15) is 33.9 Å². The number of carbonyl (C=O) groups excluding carboxylic acids is 1. The van der Waals surface area contributed by atoms with Crippen LogP contribution in [0.5, 0.6) is 5.75 Å². The first-order valence-electron chi connectivity index (χ1n) is 18.3. The molecule has 2 unspecified atom stereocenters. The minimum Gasteiger partial charge on any atom is -0.490 e. The fourth-order valence-corrected chi connectivity index (χ4v) is 7.45. The molecule has 2 aromatic carbocycles. The number of hydrogen-bond donors (Lipinski definition) is 6. The van der Waals surface area contributed by atoms with Gasteiger partial charge in [0, 0.05) is 55.7 Å². The maximum atomic E-state index is 13.1. The Hall–Kier alpha value is -3.17. The van der Waals surface area contributed by atoms with Gasteiger partial charge in [-0.05, 0) is 85.8 Å².